The number of methoxy groups -OCH3 is 3. The third kappa shape index (κ3) is 3.74. The lowest BCUT2D eigenvalue weighted by Crippen LogP contribution is -2.16. The van der Waals surface area contributed by atoms with E-state index in [9.17, 15) is 9.90 Å². The molecular weight excluding hydrogens is 296 g/mol. The number of hydrogen-bond donors (Lipinski definition) is 1. The Hall–Kier alpha value is -2.69. The van der Waals surface area contributed by atoms with Crippen LogP contribution >= 0.6 is 0 Å². The second-order valence-corrected chi connectivity index (χ2v) is 5.03. The van der Waals surface area contributed by atoms with Gasteiger partial charge in [0.15, 0.2) is 11.5 Å². The van der Waals surface area contributed by atoms with Gasteiger partial charge >= 0.3 is 5.97 Å². The summed E-state index contributed by atoms with van der Waals surface area (Å²) in [5, 5.41) is 9.67. The highest BCUT2D eigenvalue weighted by Crippen LogP contribution is 2.37. The van der Waals surface area contributed by atoms with E-state index in [4.69, 9.17) is 14.2 Å². The topological polar surface area (TPSA) is 65.0 Å². The molecule has 122 valence electrons. The van der Waals surface area contributed by atoms with Crippen molar-refractivity contribution in [3.63, 3.8) is 0 Å². The first-order valence-corrected chi connectivity index (χ1v) is 7.17. The number of carbonyl (C=O) groups is 1. The molecule has 2 aromatic carbocycles. The van der Waals surface area contributed by atoms with Gasteiger partial charge in [-0.2, -0.15) is 0 Å². The van der Waals surface area contributed by atoms with Crippen LogP contribution in [0.15, 0.2) is 42.5 Å². The lowest BCUT2D eigenvalue weighted by molar-refractivity contribution is -0.138. The van der Waals surface area contributed by atoms with Crippen molar-refractivity contribution in [1.29, 1.82) is 0 Å². The molecule has 0 unspecified atom stereocenters. The molecule has 0 bridgehead atoms. The molecule has 2 rings (SSSR count). The van der Waals surface area contributed by atoms with Crippen LogP contribution < -0.4 is 14.2 Å². The van der Waals surface area contributed by atoms with Gasteiger partial charge in [-0.25, -0.2) is 0 Å². The number of carboxylic acids is 1. The van der Waals surface area contributed by atoms with Crippen molar-refractivity contribution in [1.82, 2.24) is 0 Å². The molecule has 1 N–H and O–H groups in total. The van der Waals surface area contributed by atoms with Crippen molar-refractivity contribution in [2.24, 2.45) is 0 Å². The summed E-state index contributed by atoms with van der Waals surface area (Å²) in [5.74, 6) is 0.00274. The summed E-state index contributed by atoms with van der Waals surface area (Å²) in [7, 11) is 4.62. The highest BCUT2D eigenvalue weighted by molar-refractivity contribution is 5.78. The number of ether oxygens (including phenoxy) is 3. The van der Waals surface area contributed by atoms with E-state index in [-0.39, 0.29) is 0 Å². The lowest BCUT2D eigenvalue weighted by Gasteiger charge is -2.18. The van der Waals surface area contributed by atoms with Crippen molar-refractivity contribution >= 4 is 5.97 Å². The Bertz CT molecular complexity index is 681. The fourth-order valence-electron chi connectivity index (χ4n) is 2.55. The van der Waals surface area contributed by atoms with Gasteiger partial charge in [-0.15, -0.1) is 0 Å². The monoisotopic (exact) mass is 316 g/mol. The predicted molar refractivity (Wildman–Crippen MR) is 86.6 cm³/mol. The Morgan fingerprint density at radius 1 is 1.04 bits per heavy atom. The van der Waals surface area contributed by atoms with Gasteiger partial charge in [0.2, 0.25) is 0 Å². The molecule has 2 aromatic rings. The molecule has 0 radical (unpaired) electrons. The summed E-state index contributed by atoms with van der Waals surface area (Å²) in [4.78, 5) is 11.8. The minimum atomic E-state index is -0.917. The number of aliphatic carboxylic acids is 1. The molecule has 0 aliphatic rings. The van der Waals surface area contributed by atoms with Crippen LogP contribution in [0.2, 0.25) is 0 Å². The van der Waals surface area contributed by atoms with Crippen molar-refractivity contribution in [2.75, 3.05) is 21.3 Å². The van der Waals surface area contributed by atoms with Crippen LogP contribution in [0.3, 0.4) is 0 Å². The first-order chi connectivity index (χ1) is 11.1. The summed E-state index contributed by atoms with van der Waals surface area (Å²) in [6, 6.07) is 12.6. The molecule has 0 saturated heterocycles. The molecule has 0 spiro atoms. The van der Waals surface area contributed by atoms with Crippen molar-refractivity contribution in [3.05, 3.63) is 53.6 Å². The Morgan fingerprint density at radius 2 is 1.78 bits per heavy atom. The highest BCUT2D eigenvalue weighted by atomic mass is 16.5. The minimum absolute atomic E-state index is 0.329. The van der Waals surface area contributed by atoms with Gasteiger partial charge in [0.05, 0.1) is 27.2 Å². The second-order valence-electron chi connectivity index (χ2n) is 5.03. The molecular formula is C18H20O5. The average Bonchev–Trinajstić information content (AvgIpc) is 2.58. The summed E-state index contributed by atoms with van der Waals surface area (Å²) in [6.45, 7) is 0. The molecule has 0 aromatic heterocycles. The largest absolute Gasteiger partial charge is 0.497 e. The van der Waals surface area contributed by atoms with Crippen LogP contribution in [0.1, 0.15) is 17.0 Å². The molecule has 0 saturated carbocycles. The van der Waals surface area contributed by atoms with Crippen molar-refractivity contribution in [3.8, 4) is 17.2 Å². The van der Waals surface area contributed by atoms with Crippen LogP contribution in [-0.2, 0) is 11.2 Å². The normalized spacial score (nSPS) is 11.6. The van der Waals surface area contributed by atoms with E-state index >= 15 is 0 Å². The summed E-state index contributed by atoms with van der Waals surface area (Å²) in [6.07, 6.45) is 0.329. The van der Waals surface area contributed by atoms with Gasteiger partial charge < -0.3 is 19.3 Å². The molecule has 5 heteroatoms. The fraction of sp³-hybridized carbons (Fsp3) is 0.278. The Balaban J connectivity index is 2.41. The average molecular weight is 316 g/mol. The Morgan fingerprint density at radius 3 is 2.39 bits per heavy atom. The maximum atomic E-state index is 11.8. The fourth-order valence-corrected chi connectivity index (χ4v) is 2.55. The number of hydrogen-bond acceptors (Lipinski definition) is 4. The molecule has 0 heterocycles. The molecule has 1 atom stereocenters. The van der Waals surface area contributed by atoms with Gasteiger partial charge in [-0.1, -0.05) is 24.3 Å². The van der Waals surface area contributed by atoms with Crippen LogP contribution in [0, 0.1) is 0 Å². The Labute approximate surface area is 135 Å². The van der Waals surface area contributed by atoms with Crippen LogP contribution in [0.25, 0.3) is 0 Å². The van der Waals surface area contributed by atoms with Gasteiger partial charge in [0.25, 0.3) is 0 Å². The van der Waals surface area contributed by atoms with E-state index in [0.29, 0.717) is 29.2 Å². The van der Waals surface area contributed by atoms with Gasteiger partial charge in [-0.3, -0.25) is 4.79 Å². The maximum Gasteiger partial charge on any atom is 0.311 e. The van der Waals surface area contributed by atoms with Crippen LogP contribution in [0.5, 0.6) is 17.2 Å². The number of rotatable bonds is 7. The van der Waals surface area contributed by atoms with Gasteiger partial charge in [0, 0.05) is 5.56 Å². The number of para-hydroxylation sites is 1. The highest BCUT2D eigenvalue weighted by Gasteiger charge is 2.25. The Kier molecular flexibility index (Phi) is 5.46. The smallest absolute Gasteiger partial charge is 0.311 e. The standard InChI is InChI=1S/C18H20O5/c1-21-13-7-4-6-12(10-13)11-15(18(19)20)14-8-5-9-16(22-2)17(14)23-3/h4-10,15H,11H2,1-3H3,(H,19,20)/t15-/m0/s1. The third-order valence-electron chi connectivity index (χ3n) is 3.68. The number of carboxylic acid groups (broad SMARTS) is 1. The van der Waals surface area contributed by atoms with E-state index in [1.807, 2.05) is 24.3 Å². The minimum Gasteiger partial charge on any atom is -0.497 e. The second kappa shape index (κ2) is 7.54. The van der Waals surface area contributed by atoms with E-state index in [2.05, 4.69) is 0 Å². The quantitative estimate of drug-likeness (QED) is 0.850. The number of benzene rings is 2. The molecule has 23 heavy (non-hydrogen) atoms. The lowest BCUT2D eigenvalue weighted by atomic mass is 9.91. The summed E-state index contributed by atoms with van der Waals surface area (Å²) in [5.41, 5.74) is 1.46. The first kappa shape index (κ1) is 16.7. The summed E-state index contributed by atoms with van der Waals surface area (Å²) >= 11 is 0. The van der Waals surface area contributed by atoms with Crippen molar-refractivity contribution in [2.45, 2.75) is 12.3 Å². The molecule has 5 nitrogen and oxygen atoms in total. The molecule has 0 fully saturated rings. The molecule has 0 amide bonds. The predicted octanol–water partition coefficient (Wildman–Crippen LogP) is 3.12. The summed E-state index contributed by atoms with van der Waals surface area (Å²) < 4.78 is 15.8. The zero-order valence-corrected chi connectivity index (χ0v) is 13.4. The van der Waals surface area contributed by atoms with E-state index < -0.39 is 11.9 Å². The first-order valence-electron chi connectivity index (χ1n) is 7.17. The van der Waals surface area contributed by atoms with Gasteiger partial charge in [0.1, 0.15) is 5.75 Å². The maximum absolute atomic E-state index is 11.8. The van der Waals surface area contributed by atoms with E-state index in [0.717, 1.165) is 5.56 Å². The van der Waals surface area contributed by atoms with Gasteiger partial charge in [-0.05, 0) is 30.2 Å². The van der Waals surface area contributed by atoms with E-state index in [1.165, 1.54) is 14.2 Å². The molecule has 0 aliphatic heterocycles. The van der Waals surface area contributed by atoms with Crippen LogP contribution in [0.4, 0.5) is 0 Å². The SMILES string of the molecule is COc1cccc(C[C@H](C(=O)O)c2cccc(OC)c2OC)c1. The zero-order chi connectivity index (χ0) is 16.8. The van der Waals surface area contributed by atoms with Crippen LogP contribution in [-0.4, -0.2) is 32.4 Å². The van der Waals surface area contributed by atoms with Crippen molar-refractivity contribution < 1.29 is 24.1 Å². The molecule has 0 aliphatic carbocycles. The third-order valence-corrected chi connectivity index (χ3v) is 3.68. The van der Waals surface area contributed by atoms with E-state index in [1.54, 1.807) is 25.3 Å². The zero-order valence-electron chi connectivity index (χ0n) is 13.4.